The summed E-state index contributed by atoms with van der Waals surface area (Å²) in [5.41, 5.74) is 7.64. The van der Waals surface area contributed by atoms with Gasteiger partial charge in [0.2, 0.25) is 0 Å². The summed E-state index contributed by atoms with van der Waals surface area (Å²) in [6.45, 7) is 3.82. The van der Waals surface area contributed by atoms with Gasteiger partial charge in [0.15, 0.2) is 10.9 Å². The number of aromatic hydroxyl groups is 1. The van der Waals surface area contributed by atoms with E-state index in [1.54, 1.807) is 18.2 Å². The maximum absolute atomic E-state index is 12.3. The normalized spacial score (nSPS) is 17.7. The zero-order chi connectivity index (χ0) is 14.0. The van der Waals surface area contributed by atoms with Crippen molar-refractivity contribution in [2.24, 2.45) is 11.7 Å². The standard InChI is InChI=1S/C14H16N2O2S/c1-8(16-14(15)19)6-10-3-2-9-7-11(17)4-5-12(9)13(10)18/h4-5,7,10,17H,1-3,6H2,(H3,15,16,19). The van der Waals surface area contributed by atoms with Crippen LogP contribution in [0.1, 0.15) is 28.8 Å². The lowest BCUT2D eigenvalue weighted by molar-refractivity contribution is 0.0900. The number of carbonyl (C=O) groups excluding carboxylic acids is 1. The van der Waals surface area contributed by atoms with Crippen LogP contribution in [0.5, 0.6) is 5.75 Å². The first-order valence-electron chi connectivity index (χ1n) is 6.07. The van der Waals surface area contributed by atoms with Gasteiger partial charge >= 0.3 is 0 Å². The molecule has 0 bridgehead atoms. The van der Waals surface area contributed by atoms with Crippen molar-refractivity contribution < 1.29 is 9.90 Å². The van der Waals surface area contributed by atoms with Crippen molar-refractivity contribution >= 4 is 23.1 Å². The molecule has 0 aliphatic heterocycles. The predicted molar refractivity (Wildman–Crippen MR) is 77.9 cm³/mol. The summed E-state index contributed by atoms with van der Waals surface area (Å²) in [6, 6.07) is 4.88. The highest BCUT2D eigenvalue weighted by Gasteiger charge is 2.27. The Hall–Kier alpha value is -1.88. The van der Waals surface area contributed by atoms with E-state index in [2.05, 4.69) is 11.9 Å². The molecule has 1 aromatic rings. The van der Waals surface area contributed by atoms with Gasteiger partial charge in [-0.15, -0.1) is 0 Å². The van der Waals surface area contributed by atoms with Gasteiger partial charge in [0.1, 0.15) is 5.75 Å². The maximum Gasteiger partial charge on any atom is 0.167 e. The molecule has 19 heavy (non-hydrogen) atoms. The van der Waals surface area contributed by atoms with E-state index < -0.39 is 0 Å². The third-order valence-electron chi connectivity index (χ3n) is 3.28. The van der Waals surface area contributed by atoms with Crippen LogP contribution in [-0.4, -0.2) is 16.0 Å². The lowest BCUT2D eigenvalue weighted by atomic mass is 9.80. The number of nitrogens with one attached hydrogen (secondary N) is 1. The van der Waals surface area contributed by atoms with E-state index in [4.69, 9.17) is 18.0 Å². The lowest BCUT2D eigenvalue weighted by Crippen LogP contribution is -2.31. The van der Waals surface area contributed by atoms with Crippen molar-refractivity contribution in [2.75, 3.05) is 0 Å². The highest BCUT2D eigenvalue weighted by Crippen LogP contribution is 2.30. The van der Waals surface area contributed by atoms with Crippen LogP contribution >= 0.6 is 12.2 Å². The summed E-state index contributed by atoms with van der Waals surface area (Å²) in [6.07, 6.45) is 2.05. The largest absolute Gasteiger partial charge is 0.508 e. The van der Waals surface area contributed by atoms with Crippen LogP contribution in [0.2, 0.25) is 0 Å². The number of aryl methyl sites for hydroxylation is 1. The number of benzene rings is 1. The van der Waals surface area contributed by atoms with Crippen LogP contribution in [0, 0.1) is 5.92 Å². The SMILES string of the molecule is C=C(CC1CCc2cc(O)ccc2C1=O)NC(N)=S. The molecule has 0 saturated carbocycles. The zero-order valence-electron chi connectivity index (χ0n) is 10.5. The third kappa shape index (κ3) is 3.12. The second kappa shape index (κ2) is 5.40. The predicted octanol–water partition coefficient (Wildman–Crippen LogP) is 1.87. The number of ketones is 1. The molecule has 0 heterocycles. The molecule has 0 amide bonds. The minimum Gasteiger partial charge on any atom is -0.508 e. The molecular weight excluding hydrogens is 260 g/mol. The fourth-order valence-electron chi connectivity index (χ4n) is 2.43. The number of Topliss-reactive ketones (excluding diaryl/α,β-unsaturated/α-hetero) is 1. The van der Waals surface area contributed by atoms with Crippen molar-refractivity contribution in [1.82, 2.24) is 5.32 Å². The third-order valence-corrected chi connectivity index (χ3v) is 3.38. The van der Waals surface area contributed by atoms with Gasteiger partial charge in [0, 0.05) is 17.2 Å². The number of phenolic OH excluding ortho intramolecular Hbond substituents is 1. The number of fused-ring (bicyclic) bond motifs is 1. The van der Waals surface area contributed by atoms with E-state index in [1.807, 2.05) is 0 Å². The first-order valence-corrected chi connectivity index (χ1v) is 6.48. The molecule has 4 N–H and O–H groups in total. The van der Waals surface area contributed by atoms with Crippen molar-refractivity contribution in [1.29, 1.82) is 0 Å². The topological polar surface area (TPSA) is 75.3 Å². The molecule has 2 rings (SSSR count). The zero-order valence-corrected chi connectivity index (χ0v) is 11.3. The highest BCUT2D eigenvalue weighted by atomic mass is 32.1. The highest BCUT2D eigenvalue weighted by molar-refractivity contribution is 7.80. The summed E-state index contributed by atoms with van der Waals surface area (Å²) in [5.74, 6) is 0.183. The lowest BCUT2D eigenvalue weighted by Gasteiger charge is -2.24. The molecule has 0 radical (unpaired) electrons. The Morgan fingerprint density at radius 3 is 3.00 bits per heavy atom. The van der Waals surface area contributed by atoms with E-state index in [0.717, 1.165) is 18.4 Å². The number of hydrogen-bond donors (Lipinski definition) is 3. The number of thiocarbonyl (C=S) groups is 1. The van der Waals surface area contributed by atoms with Crippen molar-refractivity contribution in [3.8, 4) is 5.75 Å². The van der Waals surface area contributed by atoms with Gasteiger partial charge < -0.3 is 16.2 Å². The molecule has 1 unspecified atom stereocenters. The Kier molecular flexibility index (Phi) is 3.85. The fraction of sp³-hybridized carbons (Fsp3) is 0.286. The van der Waals surface area contributed by atoms with Crippen molar-refractivity contribution in [3.05, 3.63) is 41.6 Å². The smallest absolute Gasteiger partial charge is 0.167 e. The van der Waals surface area contributed by atoms with Gasteiger partial charge in [-0.3, -0.25) is 4.79 Å². The number of phenols is 1. The Balaban J connectivity index is 2.11. The van der Waals surface area contributed by atoms with Gasteiger partial charge in [-0.2, -0.15) is 0 Å². The van der Waals surface area contributed by atoms with Crippen LogP contribution in [-0.2, 0) is 6.42 Å². The summed E-state index contributed by atoms with van der Waals surface area (Å²) < 4.78 is 0. The number of carbonyl (C=O) groups is 1. The average molecular weight is 276 g/mol. The van der Waals surface area contributed by atoms with E-state index in [1.165, 1.54) is 0 Å². The first kappa shape index (κ1) is 13.5. The van der Waals surface area contributed by atoms with Crippen LogP contribution in [0.4, 0.5) is 0 Å². The molecule has 0 fully saturated rings. The van der Waals surface area contributed by atoms with Crippen LogP contribution in [0.15, 0.2) is 30.5 Å². The van der Waals surface area contributed by atoms with Gasteiger partial charge in [-0.25, -0.2) is 0 Å². The Labute approximate surface area is 117 Å². The molecule has 1 aromatic carbocycles. The summed E-state index contributed by atoms with van der Waals surface area (Å²) in [5, 5.41) is 12.4. The Bertz CT molecular complexity index is 554. The van der Waals surface area contributed by atoms with Crippen molar-refractivity contribution in [3.63, 3.8) is 0 Å². The van der Waals surface area contributed by atoms with Crippen molar-refractivity contribution in [2.45, 2.75) is 19.3 Å². The van der Waals surface area contributed by atoms with Crippen LogP contribution in [0.3, 0.4) is 0 Å². The Morgan fingerprint density at radius 1 is 1.58 bits per heavy atom. The molecule has 0 aromatic heterocycles. The number of rotatable bonds is 3. The van der Waals surface area contributed by atoms with Crippen LogP contribution < -0.4 is 11.1 Å². The molecule has 5 heteroatoms. The molecule has 1 aliphatic carbocycles. The van der Waals surface area contributed by atoms with E-state index in [-0.39, 0.29) is 22.6 Å². The van der Waals surface area contributed by atoms with E-state index >= 15 is 0 Å². The monoisotopic (exact) mass is 276 g/mol. The Morgan fingerprint density at radius 2 is 2.32 bits per heavy atom. The first-order chi connectivity index (χ1) is 8.97. The van der Waals surface area contributed by atoms with E-state index in [9.17, 15) is 9.90 Å². The second-order valence-corrected chi connectivity index (χ2v) is 5.18. The van der Waals surface area contributed by atoms with Gasteiger partial charge in [-0.05, 0) is 55.2 Å². The molecule has 4 nitrogen and oxygen atoms in total. The minimum atomic E-state index is -0.105. The number of hydrogen-bond acceptors (Lipinski definition) is 3. The molecule has 1 aliphatic rings. The van der Waals surface area contributed by atoms with Gasteiger partial charge in [0.05, 0.1) is 0 Å². The van der Waals surface area contributed by atoms with Gasteiger partial charge in [-0.1, -0.05) is 6.58 Å². The van der Waals surface area contributed by atoms with Gasteiger partial charge in [0.25, 0.3) is 0 Å². The number of allylic oxidation sites excluding steroid dienone is 1. The molecular formula is C14H16N2O2S. The van der Waals surface area contributed by atoms with E-state index in [0.29, 0.717) is 17.7 Å². The molecule has 100 valence electrons. The average Bonchev–Trinajstić information content (AvgIpc) is 2.31. The number of nitrogens with two attached hydrogens (primary N) is 1. The maximum atomic E-state index is 12.3. The second-order valence-electron chi connectivity index (χ2n) is 4.74. The minimum absolute atomic E-state index is 0.0899. The summed E-state index contributed by atoms with van der Waals surface area (Å²) in [4.78, 5) is 12.3. The molecule has 0 saturated heterocycles. The van der Waals surface area contributed by atoms with Crippen LogP contribution in [0.25, 0.3) is 0 Å². The quantitative estimate of drug-likeness (QED) is 0.735. The molecule has 0 spiro atoms. The fourth-order valence-corrected chi connectivity index (χ4v) is 2.57. The molecule has 1 atom stereocenters. The summed E-state index contributed by atoms with van der Waals surface area (Å²) in [7, 11) is 0. The summed E-state index contributed by atoms with van der Waals surface area (Å²) >= 11 is 4.74.